The second kappa shape index (κ2) is 7.04. The number of carbonyl (C=O) groups is 2. The van der Waals surface area contributed by atoms with Crippen molar-refractivity contribution in [3.05, 3.63) is 24.3 Å². The third-order valence-corrected chi connectivity index (χ3v) is 2.58. The molecule has 144 valence electrons. The molecule has 2 N–H and O–H groups in total. The van der Waals surface area contributed by atoms with Gasteiger partial charge in [0.25, 0.3) is 0 Å². The summed E-state index contributed by atoms with van der Waals surface area (Å²) in [5.41, 5.74) is -1.20. The van der Waals surface area contributed by atoms with E-state index in [2.05, 4.69) is 22.6 Å². The molecule has 0 saturated carbocycles. The molecule has 25 heavy (non-hydrogen) atoms. The van der Waals surface area contributed by atoms with E-state index in [0.717, 1.165) is 13.8 Å². The van der Waals surface area contributed by atoms with E-state index in [9.17, 15) is 35.9 Å². The van der Waals surface area contributed by atoms with Gasteiger partial charge in [0, 0.05) is 11.1 Å². The average Bonchev–Trinajstić information content (AvgIpc) is 2.43. The quantitative estimate of drug-likeness (QED) is 0.289. The molecule has 0 aromatic heterocycles. The van der Waals surface area contributed by atoms with Crippen molar-refractivity contribution in [3.63, 3.8) is 0 Å². The maximum atomic E-state index is 13.6. The van der Waals surface area contributed by atoms with Gasteiger partial charge in [0.1, 0.15) is 0 Å². The van der Waals surface area contributed by atoms with Crippen LogP contribution in [0.2, 0.25) is 0 Å². The zero-order valence-electron chi connectivity index (χ0n) is 12.9. The van der Waals surface area contributed by atoms with Gasteiger partial charge < -0.3 is 19.7 Å². The number of ether oxygens (including phenoxy) is 2. The Kier molecular flexibility index (Phi) is 6.45. The molecule has 0 bridgehead atoms. The summed E-state index contributed by atoms with van der Waals surface area (Å²) in [4.78, 5) is 21.9. The van der Waals surface area contributed by atoms with E-state index in [1.54, 1.807) is 0 Å². The van der Waals surface area contributed by atoms with E-state index in [0.29, 0.717) is 0 Å². The highest BCUT2D eigenvalue weighted by atomic mass is 19.3. The molecule has 0 heterocycles. The van der Waals surface area contributed by atoms with E-state index in [1.165, 1.54) is 0 Å². The number of hydrogen-bond acceptors (Lipinski definition) is 6. The topological polar surface area (TPSA) is 93.1 Å². The molecule has 0 radical (unpaired) electrons. The van der Waals surface area contributed by atoms with Crippen LogP contribution in [0.25, 0.3) is 0 Å². The van der Waals surface area contributed by atoms with E-state index >= 15 is 0 Å². The minimum atomic E-state index is -6.51. The lowest BCUT2D eigenvalue weighted by Crippen LogP contribution is -2.67. The van der Waals surface area contributed by atoms with Crippen LogP contribution >= 0.6 is 0 Å². The molecule has 0 spiro atoms. The Balaban J connectivity index is 5.61. The highest BCUT2D eigenvalue weighted by Crippen LogP contribution is 2.50. The third kappa shape index (κ3) is 4.51. The Hall–Kier alpha value is -2.08. The summed E-state index contributed by atoms with van der Waals surface area (Å²) in [7, 11) is 0. The molecular formula is C13H14F6O6. The maximum absolute atomic E-state index is 13.6. The lowest BCUT2D eigenvalue weighted by molar-refractivity contribution is -0.464. The Morgan fingerprint density at radius 3 is 1.64 bits per heavy atom. The van der Waals surface area contributed by atoms with Gasteiger partial charge in [0.15, 0.2) is 6.61 Å². The first-order valence-corrected chi connectivity index (χ1v) is 6.20. The van der Waals surface area contributed by atoms with Crippen molar-refractivity contribution in [2.45, 2.75) is 37.6 Å². The largest absolute Gasteiger partial charge is 0.456 e. The monoisotopic (exact) mass is 380 g/mol. The summed E-state index contributed by atoms with van der Waals surface area (Å²) in [6.45, 7) is 5.08. The predicted molar refractivity (Wildman–Crippen MR) is 68.7 cm³/mol. The van der Waals surface area contributed by atoms with Crippen molar-refractivity contribution in [2.24, 2.45) is 0 Å². The van der Waals surface area contributed by atoms with E-state index in [1.807, 2.05) is 0 Å². The van der Waals surface area contributed by atoms with Gasteiger partial charge in [0.2, 0.25) is 0 Å². The molecule has 0 aliphatic heterocycles. The highest BCUT2D eigenvalue weighted by Gasteiger charge is 2.81. The summed E-state index contributed by atoms with van der Waals surface area (Å²) in [6, 6.07) is 0. The first-order chi connectivity index (χ1) is 10.9. The number of halogens is 6. The number of carbonyl (C=O) groups excluding carboxylic acids is 2. The molecule has 0 rings (SSSR count). The van der Waals surface area contributed by atoms with Gasteiger partial charge in [-0.2, -0.15) is 26.3 Å². The van der Waals surface area contributed by atoms with Crippen molar-refractivity contribution < 1.29 is 55.6 Å². The molecule has 0 atom stereocenters. The molecule has 0 fully saturated rings. The van der Waals surface area contributed by atoms with Crippen molar-refractivity contribution in [1.29, 1.82) is 0 Å². The van der Waals surface area contributed by atoms with Gasteiger partial charge >= 0.3 is 35.7 Å². The Bertz CT molecular complexity index is 584. The van der Waals surface area contributed by atoms with Gasteiger partial charge in [-0.05, 0) is 13.8 Å². The van der Waals surface area contributed by atoms with Crippen LogP contribution in [0.5, 0.6) is 0 Å². The number of hydrogen-bond donors (Lipinski definition) is 2. The Labute approximate surface area is 137 Å². The average molecular weight is 380 g/mol. The molecule has 6 nitrogen and oxygen atoms in total. The van der Waals surface area contributed by atoms with E-state index in [4.69, 9.17) is 10.2 Å². The van der Waals surface area contributed by atoms with E-state index in [-0.39, 0.29) is 0 Å². The van der Waals surface area contributed by atoms with E-state index < -0.39 is 53.4 Å². The smallest absolute Gasteiger partial charge is 0.407 e. The van der Waals surface area contributed by atoms with Crippen LogP contribution in [0.4, 0.5) is 26.3 Å². The van der Waals surface area contributed by atoms with Crippen LogP contribution in [0.1, 0.15) is 13.8 Å². The molecule has 0 aromatic rings. The molecule has 12 heteroatoms. The minimum Gasteiger partial charge on any atom is -0.456 e. The number of alkyl halides is 6. The fourth-order valence-electron chi connectivity index (χ4n) is 1.08. The first-order valence-electron chi connectivity index (χ1n) is 6.20. The summed E-state index contributed by atoms with van der Waals surface area (Å²) in [5, 5.41) is 17.8. The van der Waals surface area contributed by atoms with Crippen LogP contribution in [0.3, 0.4) is 0 Å². The second-order valence-corrected chi connectivity index (χ2v) is 4.99. The summed E-state index contributed by atoms with van der Waals surface area (Å²) >= 11 is 0. The summed E-state index contributed by atoms with van der Waals surface area (Å²) < 4.78 is 88.1. The second-order valence-electron chi connectivity index (χ2n) is 4.99. The van der Waals surface area contributed by atoms with Crippen molar-refractivity contribution in [2.75, 3.05) is 6.61 Å². The number of aliphatic hydroxyl groups is 2. The predicted octanol–water partition coefficient (Wildman–Crippen LogP) is 1.77. The van der Waals surface area contributed by atoms with Gasteiger partial charge in [-0.25, -0.2) is 9.59 Å². The Morgan fingerprint density at radius 1 is 0.880 bits per heavy atom. The van der Waals surface area contributed by atoms with Crippen LogP contribution in [0, 0.1) is 0 Å². The number of rotatable bonds is 8. The van der Waals surface area contributed by atoms with Crippen molar-refractivity contribution in [3.8, 4) is 0 Å². The normalized spacial score (nSPS) is 13.2. The third-order valence-electron chi connectivity index (χ3n) is 2.58. The zero-order valence-corrected chi connectivity index (χ0v) is 12.9. The summed E-state index contributed by atoms with van der Waals surface area (Å²) in [5.74, 6) is -27.5. The van der Waals surface area contributed by atoms with Crippen molar-refractivity contribution >= 4 is 11.9 Å². The van der Waals surface area contributed by atoms with Crippen LogP contribution in [-0.4, -0.2) is 52.5 Å². The van der Waals surface area contributed by atoms with Gasteiger partial charge in [-0.1, -0.05) is 13.2 Å². The minimum absolute atomic E-state index is 0.486. The zero-order chi connectivity index (χ0) is 20.4. The van der Waals surface area contributed by atoms with Crippen LogP contribution in [0.15, 0.2) is 24.3 Å². The lowest BCUT2D eigenvalue weighted by atomic mass is 10.0. The van der Waals surface area contributed by atoms with Crippen LogP contribution in [-0.2, 0) is 19.1 Å². The standard InChI is InChI=1S/C13H14F6O6/c1-6(2)8(20)24-5-10(14,15)11(16,17)12(18,19)13(22,23)25-9(21)7(3)4/h22-23H,1,3,5H2,2,4H3. The molecule has 0 amide bonds. The fraction of sp³-hybridized carbons (Fsp3) is 0.538. The van der Waals surface area contributed by atoms with Crippen LogP contribution < -0.4 is 0 Å². The fourth-order valence-corrected chi connectivity index (χ4v) is 1.08. The molecule has 0 saturated heterocycles. The lowest BCUT2D eigenvalue weighted by Gasteiger charge is -2.37. The molecule has 0 aliphatic carbocycles. The maximum Gasteiger partial charge on any atom is 0.407 e. The Morgan fingerprint density at radius 2 is 1.28 bits per heavy atom. The molecular weight excluding hydrogens is 366 g/mol. The van der Waals surface area contributed by atoms with Gasteiger partial charge in [-0.15, -0.1) is 0 Å². The first kappa shape index (κ1) is 22.9. The summed E-state index contributed by atoms with van der Waals surface area (Å²) in [6.07, 6.45) is 0. The van der Waals surface area contributed by atoms with Gasteiger partial charge in [0.05, 0.1) is 0 Å². The van der Waals surface area contributed by atoms with Gasteiger partial charge in [-0.3, -0.25) is 0 Å². The SMILES string of the molecule is C=C(C)C(=O)OCC(F)(F)C(F)(F)C(F)(F)C(O)(O)OC(=O)C(=C)C. The molecule has 0 unspecified atom stereocenters. The highest BCUT2D eigenvalue weighted by molar-refractivity contribution is 5.87. The molecule has 0 aromatic carbocycles. The molecule has 0 aliphatic rings. The van der Waals surface area contributed by atoms with Crippen molar-refractivity contribution in [1.82, 2.24) is 0 Å². The number of esters is 2.